The van der Waals surface area contributed by atoms with Crippen molar-refractivity contribution in [1.82, 2.24) is 4.90 Å². The number of rotatable bonds is 13. The van der Waals surface area contributed by atoms with E-state index in [-0.39, 0.29) is 5.69 Å². The lowest BCUT2D eigenvalue weighted by molar-refractivity contribution is -0.386. The van der Waals surface area contributed by atoms with Crippen molar-refractivity contribution in [1.29, 1.82) is 0 Å². The van der Waals surface area contributed by atoms with E-state index in [9.17, 15) is 14.9 Å². The molecule has 1 saturated carbocycles. The molecular weight excluding hydrogens is 436 g/mol. The fraction of sp³-hybridized carbons (Fsp3) is 0.731. The number of carbonyl (C=O) groups is 1. The van der Waals surface area contributed by atoms with Crippen LogP contribution in [0.25, 0.3) is 0 Å². The van der Waals surface area contributed by atoms with E-state index in [4.69, 9.17) is 14.2 Å². The van der Waals surface area contributed by atoms with Crippen LogP contribution in [0.5, 0.6) is 11.5 Å². The van der Waals surface area contributed by atoms with Gasteiger partial charge in [0.05, 0.1) is 16.6 Å². The first-order valence-electron chi connectivity index (χ1n) is 13.0. The molecule has 1 aliphatic carbocycles. The fourth-order valence-electron chi connectivity index (χ4n) is 4.79. The van der Waals surface area contributed by atoms with Gasteiger partial charge in [-0.1, -0.05) is 52.4 Å². The van der Waals surface area contributed by atoms with Gasteiger partial charge in [-0.3, -0.25) is 10.1 Å². The van der Waals surface area contributed by atoms with Crippen molar-refractivity contribution in [3.05, 3.63) is 27.8 Å². The lowest BCUT2D eigenvalue weighted by Crippen LogP contribution is -2.34. The van der Waals surface area contributed by atoms with Gasteiger partial charge in [0.1, 0.15) is 6.10 Å². The molecule has 1 heterocycles. The Kier molecular flexibility index (Phi) is 9.42. The summed E-state index contributed by atoms with van der Waals surface area (Å²) >= 11 is 0. The van der Waals surface area contributed by atoms with Crippen molar-refractivity contribution in [2.24, 2.45) is 0 Å². The zero-order chi connectivity index (χ0) is 24.6. The van der Waals surface area contributed by atoms with Crippen LogP contribution >= 0.6 is 0 Å². The van der Waals surface area contributed by atoms with Crippen LogP contribution in [0.2, 0.25) is 0 Å². The van der Waals surface area contributed by atoms with E-state index in [1.54, 1.807) is 17.9 Å². The number of amides is 1. The van der Waals surface area contributed by atoms with Crippen LogP contribution in [0.1, 0.15) is 109 Å². The Hall–Kier alpha value is -2.51. The average Bonchev–Trinajstić information content (AvgIpc) is 3.41. The van der Waals surface area contributed by atoms with Gasteiger partial charge in [-0.25, -0.2) is 4.79 Å². The minimum Gasteiger partial charge on any atom is -0.448 e. The first-order valence-corrected chi connectivity index (χ1v) is 13.0. The molecule has 1 fully saturated rings. The second-order valence-electron chi connectivity index (χ2n) is 9.57. The highest BCUT2D eigenvalue weighted by atomic mass is 16.7. The summed E-state index contributed by atoms with van der Waals surface area (Å²) in [5.41, 5.74) is 0.211. The molecule has 0 bridgehead atoms. The molecule has 1 aromatic rings. The first kappa shape index (κ1) is 26.1. The molecule has 1 spiro atoms. The second-order valence-corrected chi connectivity index (χ2v) is 9.57. The molecule has 2 aliphatic rings. The molecule has 1 unspecified atom stereocenters. The van der Waals surface area contributed by atoms with Gasteiger partial charge in [-0.15, -0.1) is 0 Å². The first-order chi connectivity index (χ1) is 16.4. The third-order valence-electron chi connectivity index (χ3n) is 6.78. The number of benzene rings is 1. The van der Waals surface area contributed by atoms with Crippen molar-refractivity contribution < 1.29 is 23.9 Å². The Balaban J connectivity index is 1.70. The van der Waals surface area contributed by atoms with E-state index in [0.29, 0.717) is 30.2 Å². The minimum atomic E-state index is -0.782. The number of hydrogen-bond acceptors (Lipinski definition) is 6. The largest absolute Gasteiger partial charge is 0.448 e. The predicted molar refractivity (Wildman–Crippen MR) is 130 cm³/mol. The Morgan fingerprint density at radius 3 is 2.12 bits per heavy atom. The fourth-order valence-corrected chi connectivity index (χ4v) is 4.79. The number of ether oxygens (including phenoxy) is 3. The Bertz CT molecular complexity index is 825. The van der Waals surface area contributed by atoms with Gasteiger partial charge in [0.2, 0.25) is 0 Å². The van der Waals surface area contributed by atoms with E-state index in [1.807, 2.05) is 0 Å². The maximum Gasteiger partial charge on any atom is 0.410 e. The van der Waals surface area contributed by atoms with E-state index < -0.39 is 22.9 Å². The number of unbranched alkanes of at least 4 members (excludes halogenated alkanes) is 6. The molecule has 0 saturated heterocycles. The van der Waals surface area contributed by atoms with Crippen molar-refractivity contribution in [3.63, 3.8) is 0 Å². The second kappa shape index (κ2) is 12.3. The molecule has 8 heteroatoms. The Labute approximate surface area is 203 Å². The van der Waals surface area contributed by atoms with Crippen LogP contribution < -0.4 is 9.47 Å². The van der Waals surface area contributed by atoms with Crippen LogP contribution in [-0.4, -0.2) is 34.8 Å². The smallest absolute Gasteiger partial charge is 0.410 e. The molecule has 190 valence electrons. The summed E-state index contributed by atoms with van der Waals surface area (Å²) in [5.74, 6) is 0.174. The number of nitrogens with zero attached hydrogens (tertiary/aromatic N) is 2. The molecule has 1 aromatic carbocycles. The topological polar surface area (TPSA) is 91.1 Å². The summed E-state index contributed by atoms with van der Waals surface area (Å²) in [4.78, 5) is 26.2. The quantitative estimate of drug-likeness (QED) is 0.169. The molecule has 1 atom stereocenters. The predicted octanol–water partition coefficient (Wildman–Crippen LogP) is 7.30. The van der Waals surface area contributed by atoms with Crippen LogP contribution in [0.4, 0.5) is 10.5 Å². The highest BCUT2D eigenvalue weighted by Gasteiger charge is 2.45. The van der Waals surface area contributed by atoms with Gasteiger partial charge in [0.15, 0.2) is 11.5 Å². The van der Waals surface area contributed by atoms with Gasteiger partial charge >= 0.3 is 6.09 Å². The molecule has 3 rings (SSSR count). The normalized spacial score (nSPS) is 16.6. The molecule has 8 nitrogen and oxygen atoms in total. The van der Waals surface area contributed by atoms with Crippen molar-refractivity contribution in [2.45, 2.75) is 110 Å². The van der Waals surface area contributed by atoms with E-state index in [2.05, 4.69) is 13.8 Å². The van der Waals surface area contributed by atoms with E-state index >= 15 is 0 Å². The molecule has 1 amide bonds. The lowest BCUT2D eigenvalue weighted by atomic mass is 10.1. The maximum absolute atomic E-state index is 13.1. The minimum absolute atomic E-state index is 0.116. The summed E-state index contributed by atoms with van der Waals surface area (Å²) in [6.45, 7) is 7.28. The number of carbonyl (C=O) groups excluding carboxylic acids is 1. The monoisotopic (exact) mass is 476 g/mol. The molecule has 0 radical (unpaired) electrons. The number of nitro groups is 1. The van der Waals surface area contributed by atoms with Crippen LogP contribution in [0.15, 0.2) is 12.1 Å². The van der Waals surface area contributed by atoms with Gasteiger partial charge in [0.25, 0.3) is 11.5 Å². The zero-order valence-electron chi connectivity index (χ0n) is 21.0. The van der Waals surface area contributed by atoms with E-state index in [0.717, 1.165) is 77.0 Å². The maximum atomic E-state index is 13.1. The van der Waals surface area contributed by atoms with Crippen molar-refractivity contribution in [2.75, 3.05) is 13.1 Å². The van der Waals surface area contributed by atoms with E-state index in [1.165, 1.54) is 6.07 Å². The Morgan fingerprint density at radius 2 is 1.59 bits per heavy atom. The summed E-state index contributed by atoms with van der Waals surface area (Å²) in [7, 11) is 0. The summed E-state index contributed by atoms with van der Waals surface area (Å²) in [6, 6.07) is 3.03. The number of fused-ring (bicyclic) bond motifs is 1. The summed E-state index contributed by atoms with van der Waals surface area (Å²) in [6.07, 6.45) is 10.9. The zero-order valence-corrected chi connectivity index (χ0v) is 21.0. The summed E-state index contributed by atoms with van der Waals surface area (Å²) in [5, 5.41) is 11.8. The molecule has 0 N–H and O–H groups in total. The third kappa shape index (κ3) is 6.54. The van der Waals surface area contributed by atoms with Gasteiger partial charge in [-0.2, -0.15) is 0 Å². The highest BCUT2D eigenvalue weighted by Crippen LogP contribution is 2.49. The lowest BCUT2D eigenvalue weighted by Gasteiger charge is -2.24. The highest BCUT2D eigenvalue weighted by molar-refractivity contribution is 5.68. The SMILES string of the molecule is CCCCCCN(CCCCCC)C(=O)OC(C)c1cc2c(cc1[N+](=O)[O-])OC1(CCCC1)O2. The van der Waals surface area contributed by atoms with Crippen LogP contribution in [-0.2, 0) is 4.74 Å². The molecule has 34 heavy (non-hydrogen) atoms. The van der Waals surface area contributed by atoms with Gasteiger partial charge < -0.3 is 19.1 Å². The number of nitro benzene ring substituents is 1. The third-order valence-corrected chi connectivity index (χ3v) is 6.78. The van der Waals surface area contributed by atoms with Crippen molar-refractivity contribution >= 4 is 11.8 Å². The van der Waals surface area contributed by atoms with Crippen LogP contribution in [0, 0.1) is 10.1 Å². The molecule has 0 aromatic heterocycles. The molecular formula is C26H40N2O6. The van der Waals surface area contributed by atoms with Crippen LogP contribution in [0.3, 0.4) is 0 Å². The van der Waals surface area contributed by atoms with Crippen molar-refractivity contribution in [3.8, 4) is 11.5 Å². The average molecular weight is 477 g/mol. The van der Waals surface area contributed by atoms with Gasteiger partial charge in [0, 0.05) is 25.9 Å². The Morgan fingerprint density at radius 1 is 1.03 bits per heavy atom. The standard InChI is InChI=1S/C26H40N2O6/c1-4-6-8-12-16-27(17-13-9-7-5-2)25(29)32-20(3)21-18-23-24(19-22(21)28(30)31)34-26(33-23)14-10-11-15-26/h18-20H,4-17H2,1-3H3. The molecule has 1 aliphatic heterocycles. The summed E-state index contributed by atoms with van der Waals surface area (Å²) < 4.78 is 17.8. The van der Waals surface area contributed by atoms with Gasteiger partial charge in [-0.05, 0) is 38.7 Å². The number of hydrogen-bond donors (Lipinski definition) is 0.